The molecule has 0 aliphatic rings. The zero-order chi connectivity index (χ0) is 9.94. The first-order valence-corrected chi connectivity index (χ1v) is 3.96. The second-order valence-corrected chi connectivity index (χ2v) is 2.81. The van der Waals surface area contributed by atoms with Crippen LogP contribution in [-0.4, -0.2) is 38.0 Å². The second-order valence-electron chi connectivity index (χ2n) is 1.62. The van der Waals surface area contributed by atoms with Gasteiger partial charge in [0, 0.05) is 0 Å². The third-order valence-electron chi connectivity index (χ3n) is 0.672. The summed E-state index contributed by atoms with van der Waals surface area (Å²) in [5.74, 6) is -3.89. The van der Waals surface area contributed by atoms with Crippen molar-refractivity contribution in [1.29, 1.82) is 0 Å². The maximum atomic E-state index is 10.2. The Morgan fingerprint density at radius 2 is 1.75 bits per heavy atom. The molecule has 0 rings (SSSR count). The lowest BCUT2D eigenvalue weighted by atomic mass is 10.4. The number of rotatable bonds is 4. The number of hydrogen-bond donors (Lipinski definition) is 4. The van der Waals surface area contributed by atoms with Gasteiger partial charge in [-0.3, -0.25) is 4.79 Å². The zero-order valence-corrected chi connectivity index (χ0v) is 6.34. The van der Waals surface area contributed by atoms with E-state index in [1.54, 1.807) is 0 Å². The van der Waals surface area contributed by atoms with Crippen LogP contribution in [0, 0.1) is 0 Å². The number of carbonyl (C=O) groups excluding carboxylic acids is 1. The highest BCUT2D eigenvalue weighted by molar-refractivity contribution is 7.46. The minimum Gasteiger partial charge on any atom is -0.475 e. The Morgan fingerprint density at radius 1 is 1.33 bits per heavy atom. The number of hydrogen-bond acceptors (Lipinski definition) is 5. The van der Waals surface area contributed by atoms with E-state index in [9.17, 15) is 14.2 Å². The van der Waals surface area contributed by atoms with Crippen molar-refractivity contribution in [3.8, 4) is 0 Å². The van der Waals surface area contributed by atoms with Crippen LogP contribution in [0.15, 0.2) is 0 Å². The summed E-state index contributed by atoms with van der Waals surface area (Å²) in [4.78, 5) is 36.0. The molecule has 0 aromatic heterocycles. The number of carboxylic acids is 1. The van der Waals surface area contributed by atoms with Gasteiger partial charge in [0.25, 0.3) is 5.78 Å². The lowest BCUT2D eigenvalue weighted by Gasteiger charge is -2.08. The third kappa shape index (κ3) is 4.16. The first-order chi connectivity index (χ1) is 5.24. The smallest absolute Gasteiger partial charge is 0.472 e. The molecule has 0 amide bonds. The number of phosphoric acid groups is 1. The van der Waals surface area contributed by atoms with Gasteiger partial charge in [-0.05, 0) is 0 Å². The van der Waals surface area contributed by atoms with Gasteiger partial charge < -0.3 is 20.0 Å². The molecule has 1 unspecified atom stereocenters. The number of Topliss-reactive ketones (excluding diaryl/α,β-unsaturated/α-hetero) is 1. The molecule has 0 fully saturated rings. The summed E-state index contributed by atoms with van der Waals surface area (Å²) in [7, 11) is -5.05. The molecule has 0 aromatic rings. The van der Waals surface area contributed by atoms with E-state index in [4.69, 9.17) is 20.0 Å². The van der Waals surface area contributed by atoms with Gasteiger partial charge in [-0.25, -0.2) is 13.9 Å². The summed E-state index contributed by atoms with van der Waals surface area (Å²) in [6, 6.07) is 0. The van der Waals surface area contributed by atoms with Crippen molar-refractivity contribution < 1.29 is 38.7 Å². The summed E-state index contributed by atoms with van der Waals surface area (Å²) in [5.41, 5.74) is 0. The highest BCUT2D eigenvalue weighted by atomic mass is 31.2. The van der Waals surface area contributed by atoms with Crippen LogP contribution >= 0.6 is 7.82 Å². The molecular weight excluding hydrogens is 195 g/mol. The predicted octanol–water partition coefficient (Wildman–Crippen LogP) is -1.93. The average molecular weight is 200 g/mol. The zero-order valence-electron chi connectivity index (χ0n) is 5.45. The Morgan fingerprint density at radius 3 is 2.00 bits per heavy atom. The average Bonchev–Trinajstić information content (AvgIpc) is 1.82. The number of ketones is 1. The molecule has 0 aromatic carbocycles. The Balaban J connectivity index is 4.24. The number of aliphatic hydroxyl groups is 1. The number of aliphatic hydroxyl groups excluding tert-OH is 1. The normalized spacial score (nSPS) is 13.9. The molecule has 8 nitrogen and oxygen atoms in total. The van der Waals surface area contributed by atoms with Gasteiger partial charge in [0.1, 0.15) is 0 Å². The fourth-order valence-electron chi connectivity index (χ4n) is 0.284. The van der Waals surface area contributed by atoms with Crippen LogP contribution in [0.25, 0.3) is 0 Å². The number of phosphoric ester groups is 1. The monoisotopic (exact) mass is 200 g/mol. The molecule has 0 aliphatic carbocycles. The quantitative estimate of drug-likeness (QED) is 0.233. The first kappa shape index (κ1) is 11.2. The van der Waals surface area contributed by atoms with E-state index in [2.05, 4.69) is 4.52 Å². The molecule has 70 valence electrons. The largest absolute Gasteiger partial charge is 0.475 e. The van der Waals surface area contributed by atoms with Gasteiger partial charge in [-0.1, -0.05) is 0 Å². The van der Waals surface area contributed by atoms with Gasteiger partial charge in [0.05, 0.1) is 0 Å². The number of carboxylic acid groups (broad SMARTS) is 1. The summed E-state index contributed by atoms with van der Waals surface area (Å²) in [5, 5.41) is 16.3. The second kappa shape index (κ2) is 3.74. The summed E-state index contributed by atoms with van der Waals surface area (Å²) in [6.45, 7) is 0. The van der Waals surface area contributed by atoms with E-state index in [0.29, 0.717) is 0 Å². The maximum absolute atomic E-state index is 10.2. The van der Waals surface area contributed by atoms with Gasteiger partial charge in [0.2, 0.25) is 6.29 Å². The highest BCUT2D eigenvalue weighted by Gasteiger charge is 2.30. The van der Waals surface area contributed by atoms with Crippen molar-refractivity contribution >= 4 is 19.6 Å². The van der Waals surface area contributed by atoms with Crippen LogP contribution in [0.2, 0.25) is 0 Å². The Kier molecular flexibility index (Phi) is 3.50. The maximum Gasteiger partial charge on any atom is 0.472 e. The Bertz CT molecular complexity index is 239. The van der Waals surface area contributed by atoms with E-state index in [0.717, 1.165) is 0 Å². The molecule has 0 radical (unpaired) electrons. The number of aliphatic carboxylic acids is 1. The SMILES string of the molecule is O=C(O)C(=O)C(O)OP(=O)(O)O. The van der Waals surface area contributed by atoms with Crippen LogP contribution in [0.4, 0.5) is 0 Å². The summed E-state index contributed by atoms with van der Waals surface area (Å²) < 4.78 is 13.3. The van der Waals surface area contributed by atoms with E-state index in [-0.39, 0.29) is 0 Å². The standard InChI is InChI=1S/C3H5O8P/c4-1(2(5)6)3(7)11-12(8,9)10/h3,7H,(H,5,6)(H2,8,9,10). The van der Waals surface area contributed by atoms with Crippen molar-refractivity contribution in [3.63, 3.8) is 0 Å². The molecule has 12 heavy (non-hydrogen) atoms. The lowest BCUT2D eigenvalue weighted by Crippen LogP contribution is -2.29. The van der Waals surface area contributed by atoms with Crippen molar-refractivity contribution in [2.75, 3.05) is 0 Å². The van der Waals surface area contributed by atoms with Gasteiger partial charge in [-0.15, -0.1) is 0 Å². The minimum absolute atomic E-state index is 1.85. The predicted molar refractivity (Wildman–Crippen MR) is 31.8 cm³/mol. The third-order valence-corrected chi connectivity index (χ3v) is 1.15. The first-order valence-electron chi connectivity index (χ1n) is 2.43. The molecule has 1 atom stereocenters. The fraction of sp³-hybridized carbons (Fsp3) is 0.333. The van der Waals surface area contributed by atoms with Crippen molar-refractivity contribution in [2.24, 2.45) is 0 Å². The van der Waals surface area contributed by atoms with Crippen molar-refractivity contribution in [2.45, 2.75) is 6.29 Å². The van der Waals surface area contributed by atoms with Crippen LogP contribution in [0.1, 0.15) is 0 Å². The molecule has 9 heteroatoms. The molecule has 0 heterocycles. The minimum atomic E-state index is -5.05. The highest BCUT2D eigenvalue weighted by Crippen LogP contribution is 2.37. The molecule has 0 saturated heterocycles. The lowest BCUT2D eigenvalue weighted by molar-refractivity contribution is -0.161. The molecular formula is C3H5O8P. The summed E-state index contributed by atoms with van der Waals surface area (Å²) in [6.07, 6.45) is -2.65. The van der Waals surface area contributed by atoms with Gasteiger partial charge in [0.15, 0.2) is 0 Å². The van der Waals surface area contributed by atoms with Gasteiger partial charge >= 0.3 is 13.8 Å². The van der Waals surface area contributed by atoms with Crippen LogP contribution in [0.5, 0.6) is 0 Å². The molecule has 0 bridgehead atoms. The van der Waals surface area contributed by atoms with Crippen LogP contribution in [-0.2, 0) is 18.7 Å². The topological polar surface area (TPSA) is 141 Å². The molecule has 0 aliphatic heterocycles. The fourth-order valence-corrected chi connectivity index (χ4v) is 0.639. The van der Waals surface area contributed by atoms with Crippen molar-refractivity contribution in [3.05, 3.63) is 0 Å². The molecule has 0 spiro atoms. The van der Waals surface area contributed by atoms with Gasteiger partial charge in [-0.2, -0.15) is 0 Å². The van der Waals surface area contributed by atoms with Crippen LogP contribution < -0.4 is 0 Å². The van der Waals surface area contributed by atoms with E-state index in [1.807, 2.05) is 0 Å². The van der Waals surface area contributed by atoms with Crippen LogP contribution in [0.3, 0.4) is 0 Å². The number of carbonyl (C=O) groups is 2. The molecule has 4 N–H and O–H groups in total. The van der Waals surface area contributed by atoms with E-state index in [1.165, 1.54) is 0 Å². The Labute approximate surface area is 65.6 Å². The van der Waals surface area contributed by atoms with E-state index < -0.39 is 25.9 Å². The van der Waals surface area contributed by atoms with E-state index >= 15 is 0 Å². The Hall–Kier alpha value is -0.790. The molecule has 0 saturated carbocycles. The summed E-state index contributed by atoms with van der Waals surface area (Å²) >= 11 is 0. The van der Waals surface area contributed by atoms with Crippen molar-refractivity contribution in [1.82, 2.24) is 0 Å².